The van der Waals surface area contributed by atoms with Crippen LogP contribution in [-0.4, -0.2) is 54.4 Å². The lowest BCUT2D eigenvalue weighted by atomic mass is 9.99. The van der Waals surface area contributed by atoms with Crippen LogP contribution < -0.4 is 15.5 Å². The Balaban J connectivity index is 1.54. The van der Waals surface area contributed by atoms with Gasteiger partial charge in [-0.2, -0.15) is 0 Å². The highest BCUT2D eigenvalue weighted by Crippen LogP contribution is 2.32. The molecule has 1 aromatic heterocycles. The van der Waals surface area contributed by atoms with Gasteiger partial charge in [-0.05, 0) is 74.0 Å². The molecule has 0 bridgehead atoms. The first-order chi connectivity index (χ1) is 17.7. The van der Waals surface area contributed by atoms with Crippen LogP contribution in [0.1, 0.15) is 24.1 Å². The van der Waals surface area contributed by atoms with Crippen molar-refractivity contribution >= 4 is 62.3 Å². The van der Waals surface area contributed by atoms with Crippen LogP contribution in [0.5, 0.6) is 0 Å². The highest BCUT2D eigenvalue weighted by molar-refractivity contribution is 9.10. The van der Waals surface area contributed by atoms with Gasteiger partial charge in [0.1, 0.15) is 0 Å². The summed E-state index contributed by atoms with van der Waals surface area (Å²) in [7, 11) is 2.10. The number of hydrogen-bond acceptors (Lipinski definition) is 5. The van der Waals surface area contributed by atoms with Gasteiger partial charge >= 0.3 is 11.8 Å². The van der Waals surface area contributed by atoms with Crippen LogP contribution in [0.25, 0.3) is 0 Å². The zero-order valence-corrected chi connectivity index (χ0v) is 23.6. The number of rotatable bonds is 6. The van der Waals surface area contributed by atoms with E-state index in [4.69, 9.17) is 23.2 Å². The monoisotopic (exact) mass is 603 g/mol. The molecule has 0 spiro atoms. The van der Waals surface area contributed by atoms with Gasteiger partial charge in [-0.3, -0.25) is 14.6 Å². The number of anilines is 2. The van der Waals surface area contributed by atoms with Crippen LogP contribution in [0.3, 0.4) is 0 Å². The molecule has 7 nitrogen and oxygen atoms in total. The average molecular weight is 605 g/mol. The number of amides is 2. The van der Waals surface area contributed by atoms with Gasteiger partial charge in [0, 0.05) is 42.5 Å². The maximum absolute atomic E-state index is 13.1. The molecule has 1 saturated heterocycles. The van der Waals surface area contributed by atoms with Crippen LogP contribution in [0.2, 0.25) is 10.0 Å². The maximum atomic E-state index is 13.1. The smallest absolute Gasteiger partial charge is 0.313 e. The Labute approximate surface area is 235 Å². The minimum atomic E-state index is -0.749. The molecule has 2 N–H and O–H groups in total. The summed E-state index contributed by atoms with van der Waals surface area (Å²) in [6.07, 6.45) is 3.81. The second kappa shape index (κ2) is 12.3. The van der Waals surface area contributed by atoms with E-state index >= 15 is 0 Å². The summed E-state index contributed by atoms with van der Waals surface area (Å²) in [6, 6.07) is 14.4. The summed E-state index contributed by atoms with van der Waals surface area (Å²) >= 11 is 15.8. The lowest BCUT2D eigenvalue weighted by Crippen LogP contribution is -2.50. The van der Waals surface area contributed by atoms with Crippen molar-refractivity contribution in [1.29, 1.82) is 0 Å². The van der Waals surface area contributed by atoms with Crippen molar-refractivity contribution in [2.45, 2.75) is 25.4 Å². The van der Waals surface area contributed by atoms with Crippen LogP contribution in [0, 0.1) is 0 Å². The van der Waals surface area contributed by atoms with Gasteiger partial charge in [0.15, 0.2) is 0 Å². The second-order valence-electron chi connectivity index (χ2n) is 9.18. The largest absolute Gasteiger partial charge is 0.365 e. The van der Waals surface area contributed by atoms with Crippen molar-refractivity contribution in [2.75, 3.05) is 36.9 Å². The van der Waals surface area contributed by atoms with Crippen molar-refractivity contribution in [3.05, 3.63) is 86.6 Å². The third-order valence-corrected chi connectivity index (χ3v) is 7.63. The summed E-state index contributed by atoms with van der Waals surface area (Å²) in [5, 5.41) is 6.49. The van der Waals surface area contributed by atoms with E-state index < -0.39 is 17.9 Å². The predicted octanol–water partition coefficient (Wildman–Crippen LogP) is 5.33. The standard InChI is InChI=1S/C27H28BrCl2N5O2/c1-17-16-34(2)11-12-35(17)25-6-4-20(28)15-24(25)33-27(37)26(36)32-23(13-18-7-9-31-10-8-18)19-3-5-21(29)22(30)14-19/h3-10,14-15,17,23H,11-13,16H2,1-2H3,(H,32,36)(H,33,37). The summed E-state index contributed by atoms with van der Waals surface area (Å²) in [6.45, 7) is 4.79. The van der Waals surface area contributed by atoms with Crippen molar-refractivity contribution in [2.24, 2.45) is 0 Å². The zero-order chi connectivity index (χ0) is 26.5. The maximum Gasteiger partial charge on any atom is 0.313 e. The topological polar surface area (TPSA) is 77.6 Å². The minimum Gasteiger partial charge on any atom is -0.365 e. The summed E-state index contributed by atoms with van der Waals surface area (Å²) in [5.74, 6) is -1.50. The van der Waals surface area contributed by atoms with Gasteiger partial charge in [-0.25, -0.2) is 0 Å². The van der Waals surface area contributed by atoms with Crippen molar-refractivity contribution in [1.82, 2.24) is 15.2 Å². The number of benzene rings is 2. The fourth-order valence-electron chi connectivity index (χ4n) is 4.50. The lowest BCUT2D eigenvalue weighted by Gasteiger charge is -2.40. The van der Waals surface area contributed by atoms with E-state index in [0.717, 1.165) is 40.9 Å². The molecule has 0 saturated carbocycles. The molecular weight excluding hydrogens is 577 g/mol. The van der Waals surface area contributed by atoms with Gasteiger partial charge in [0.2, 0.25) is 0 Å². The molecule has 37 heavy (non-hydrogen) atoms. The minimum absolute atomic E-state index is 0.254. The molecule has 1 aliphatic heterocycles. The Hall–Kier alpha value is -2.65. The fourth-order valence-corrected chi connectivity index (χ4v) is 5.16. The third-order valence-electron chi connectivity index (χ3n) is 6.39. The highest BCUT2D eigenvalue weighted by Gasteiger charge is 2.26. The molecule has 2 amide bonds. The summed E-state index contributed by atoms with van der Waals surface area (Å²) in [4.78, 5) is 34.8. The number of carbonyl (C=O) groups is 2. The van der Waals surface area contributed by atoms with Crippen LogP contribution in [0.15, 0.2) is 65.4 Å². The Bertz CT molecular complexity index is 1280. The molecule has 3 aromatic rings. The molecule has 4 rings (SSSR count). The predicted molar refractivity (Wildman–Crippen MR) is 152 cm³/mol. The fraction of sp³-hybridized carbons (Fsp3) is 0.296. The van der Waals surface area contributed by atoms with E-state index in [-0.39, 0.29) is 6.04 Å². The van der Waals surface area contributed by atoms with Gasteiger partial charge in [0.05, 0.1) is 27.5 Å². The normalized spacial score (nSPS) is 16.8. The number of nitrogens with zero attached hydrogens (tertiary/aromatic N) is 3. The number of aromatic nitrogens is 1. The van der Waals surface area contributed by atoms with E-state index in [1.165, 1.54) is 0 Å². The van der Waals surface area contributed by atoms with Crippen LogP contribution in [0.4, 0.5) is 11.4 Å². The zero-order valence-electron chi connectivity index (χ0n) is 20.5. The molecule has 2 aromatic carbocycles. The first-order valence-corrected chi connectivity index (χ1v) is 13.5. The molecule has 2 atom stereocenters. The summed E-state index contributed by atoms with van der Waals surface area (Å²) < 4.78 is 0.806. The van der Waals surface area contributed by atoms with Gasteiger partial charge < -0.3 is 20.4 Å². The Morgan fingerprint density at radius 1 is 1.05 bits per heavy atom. The third kappa shape index (κ3) is 7.02. The number of piperazine rings is 1. The Kier molecular flexibility index (Phi) is 9.08. The average Bonchev–Trinajstić information content (AvgIpc) is 2.86. The Morgan fingerprint density at radius 2 is 1.81 bits per heavy atom. The second-order valence-corrected chi connectivity index (χ2v) is 10.9. The molecule has 10 heteroatoms. The molecular formula is C27H28BrCl2N5O2. The van der Waals surface area contributed by atoms with Crippen LogP contribution in [-0.2, 0) is 16.0 Å². The summed E-state index contributed by atoms with van der Waals surface area (Å²) in [5.41, 5.74) is 3.14. The molecule has 1 fully saturated rings. The Morgan fingerprint density at radius 3 is 2.51 bits per heavy atom. The van der Waals surface area contributed by atoms with Crippen molar-refractivity contribution < 1.29 is 9.59 Å². The molecule has 0 aliphatic carbocycles. The molecule has 194 valence electrons. The first-order valence-electron chi connectivity index (χ1n) is 11.9. The first kappa shape index (κ1) is 27.4. The van der Waals surface area contributed by atoms with Crippen LogP contribution >= 0.6 is 39.1 Å². The van der Waals surface area contributed by atoms with Crippen molar-refractivity contribution in [3.8, 4) is 0 Å². The number of halogens is 3. The highest BCUT2D eigenvalue weighted by atomic mass is 79.9. The number of pyridine rings is 1. The molecule has 1 aliphatic rings. The lowest BCUT2D eigenvalue weighted by molar-refractivity contribution is -0.136. The number of likely N-dealkylation sites (N-methyl/N-ethyl adjacent to an activating group) is 1. The number of carbonyl (C=O) groups excluding carboxylic acids is 2. The van der Waals surface area contributed by atoms with E-state index in [0.29, 0.717) is 22.2 Å². The van der Waals surface area contributed by atoms with Gasteiger partial charge in [0.25, 0.3) is 0 Å². The van der Waals surface area contributed by atoms with Gasteiger partial charge in [-0.1, -0.05) is 45.2 Å². The van der Waals surface area contributed by atoms with E-state index in [2.05, 4.69) is 55.3 Å². The molecule has 2 heterocycles. The SMILES string of the molecule is CC1CN(C)CCN1c1ccc(Br)cc1NC(=O)C(=O)NC(Cc1ccncc1)c1ccc(Cl)c(Cl)c1. The van der Waals surface area contributed by atoms with Gasteiger partial charge in [-0.15, -0.1) is 0 Å². The molecule has 0 radical (unpaired) electrons. The number of hydrogen-bond donors (Lipinski definition) is 2. The van der Waals surface area contributed by atoms with E-state index in [1.54, 1.807) is 30.6 Å². The molecule has 2 unspecified atom stereocenters. The van der Waals surface area contributed by atoms with E-state index in [9.17, 15) is 9.59 Å². The number of nitrogens with one attached hydrogen (secondary N) is 2. The van der Waals surface area contributed by atoms with E-state index in [1.807, 2.05) is 30.3 Å². The van der Waals surface area contributed by atoms with Crippen molar-refractivity contribution in [3.63, 3.8) is 0 Å². The quantitative estimate of drug-likeness (QED) is 0.372.